The molecule has 1 rings (SSSR count). The molecule has 0 amide bonds. The second-order valence-corrected chi connectivity index (χ2v) is 1.63. The Kier molecular flexibility index (Phi) is 0.911. The molecule has 2 heteroatoms. The number of hydrogen-bond donors (Lipinski definition) is 1. The van der Waals surface area contributed by atoms with E-state index in [4.69, 9.17) is 13.3 Å². The first-order valence-electron chi connectivity index (χ1n) is 5.76. The van der Waals surface area contributed by atoms with Gasteiger partial charge in [-0.05, 0) is 11.6 Å². The number of benzene rings is 1. The molecule has 0 aliphatic carbocycles. The van der Waals surface area contributed by atoms with Crippen LogP contribution in [0.15, 0.2) is 36.3 Å². The van der Waals surface area contributed by atoms with Gasteiger partial charge in [0.15, 0.2) is 0 Å². The molecule has 0 unspecified atom stereocenters. The average molecular weight is 154 g/mol. The summed E-state index contributed by atoms with van der Waals surface area (Å²) in [6.07, 6.45) is 0. The smallest absolute Gasteiger partial charge is 0.328 e. The lowest BCUT2D eigenvalue weighted by Gasteiger charge is -1.87. The Morgan fingerprint density at radius 1 is 1.64 bits per heavy atom. The molecule has 0 radical (unpaired) electrons. The highest BCUT2D eigenvalue weighted by molar-refractivity contribution is 5.85. The van der Waals surface area contributed by atoms with E-state index in [0.717, 1.165) is 6.07 Å². The van der Waals surface area contributed by atoms with Crippen LogP contribution in [0.4, 0.5) is 0 Å². The van der Waals surface area contributed by atoms with Crippen molar-refractivity contribution in [2.45, 2.75) is 0 Å². The molecule has 0 fully saturated rings. The third-order valence-corrected chi connectivity index (χ3v) is 0.852. The molecule has 1 N–H and O–H groups in total. The van der Waals surface area contributed by atoms with Crippen molar-refractivity contribution in [1.82, 2.24) is 0 Å². The van der Waals surface area contributed by atoms with Crippen molar-refractivity contribution in [3.63, 3.8) is 0 Å². The van der Waals surface area contributed by atoms with E-state index in [1.807, 2.05) is 0 Å². The van der Waals surface area contributed by atoms with Gasteiger partial charge >= 0.3 is 5.97 Å². The summed E-state index contributed by atoms with van der Waals surface area (Å²) in [7, 11) is 0. The lowest BCUT2D eigenvalue weighted by molar-refractivity contribution is -0.131. The van der Waals surface area contributed by atoms with E-state index in [9.17, 15) is 4.79 Å². The summed E-state index contributed by atoms with van der Waals surface area (Å²) in [6, 6.07) is -2.75. The minimum atomic E-state index is -1.62. The number of carboxylic acids is 1. The van der Waals surface area contributed by atoms with E-state index in [0.29, 0.717) is 0 Å². The standard InChI is InChI=1S/C9H8O2/c10-9(11)7-6-8-4-2-1-3-5-8/h1-7H,(H,10,11)/i1D,2D,3D,4D,6D,7D. The minimum absolute atomic E-state index is 0.302. The van der Waals surface area contributed by atoms with Crippen molar-refractivity contribution in [1.29, 1.82) is 0 Å². The Balaban J connectivity index is 3.54. The van der Waals surface area contributed by atoms with Crippen LogP contribution in [0.5, 0.6) is 0 Å². The number of carboxylic acid groups (broad SMARTS) is 1. The van der Waals surface area contributed by atoms with Gasteiger partial charge in [0.1, 0.15) is 0 Å². The molecule has 0 heterocycles. The highest BCUT2D eigenvalue weighted by Gasteiger charge is 1.85. The maximum absolute atomic E-state index is 10.5. The molecular weight excluding hydrogens is 140 g/mol. The summed E-state index contributed by atoms with van der Waals surface area (Å²) < 4.78 is 44.0. The molecule has 0 atom stereocenters. The fourth-order valence-electron chi connectivity index (χ4n) is 0.467. The van der Waals surface area contributed by atoms with Crippen LogP contribution in [-0.2, 0) is 4.79 Å². The van der Waals surface area contributed by atoms with E-state index in [1.165, 1.54) is 0 Å². The zero-order valence-corrected chi connectivity index (χ0v) is 5.43. The van der Waals surface area contributed by atoms with Crippen molar-refractivity contribution < 1.29 is 18.1 Å². The van der Waals surface area contributed by atoms with Gasteiger partial charge in [0.2, 0.25) is 0 Å². The largest absolute Gasteiger partial charge is 0.478 e. The highest BCUT2D eigenvalue weighted by Crippen LogP contribution is 1.99. The Morgan fingerprint density at radius 2 is 2.45 bits per heavy atom. The number of aliphatic carboxylic acids is 1. The van der Waals surface area contributed by atoms with Crippen LogP contribution in [0.1, 0.15) is 13.8 Å². The van der Waals surface area contributed by atoms with Crippen molar-refractivity contribution in [3.8, 4) is 0 Å². The van der Waals surface area contributed by atoms with Crippen LogP contribution in [0.3, 0.4) is 0 Å². The fraction of sp³-hybridized carbons (Fsp3) is 0. The molecular formula is C9H8O2. The third kappa shape index (κ3) is 2.67. The second-order valence-electron chi connectivity index (χ2n) is 1.63. The van der Waals surface area contributed by atoms with Crippen LogP contribution in [0, 0.1) is 0 Å². The van der Waals surface area contributed by atoms with Gasteiger partial charge in [-0.3, -0.25) is 0 Å². The Hall–Kier alpha value is -1.57. The molecule has 56 valence electrons. The molecule has 0 saturated heterocycles. The van der Waals surface area contributed by atoms with Crippen LogP contribution < -0.4 is 0 Å². The summed E-state index contributed by atoms with van der Waals surface area (Å²) in [4.78, 5) is 10.5. The quantitative estimate of drug-likeness (QED) is 0.659. The van der Waals surface area contributed by atoms with Crippen LogP contribution in [-0.4, -0.2) is 11.1 Å². The topological polar surface area (TPSA) is 37.3 Å². The third-order valence-electron chi connectivity index (χ3n) is 0.852. The molecule has 0 aromatic heterocycles. The first kappa shape index (κ1) is 2.81. The van der Waals surface area contributed by atoms with Gasteiger partial charge in [-0.15, -0.1) is 0 Å². The Morgan fingerprint density at radius 3 is 3.18 bits per heavy atom. The first-order valence-corrected chi connectivity index (χ1v) is 2.76. The van der Waals surface area contributed by atoms with Gasteiger partial charge in [-0.2, -0.15) is 0 Å². The van der Waals surface area contributed by atoms with Crippen molar-refractivity contribution in [2.75, 3.05) is 0 Å². The van der Waals surface area contributed by atoms with Crippen molar-refractivity contribution in [2.24, 2.45) is 0 Å². The van der Waals surface area contributed by atoms with Crippen LogP contribution in [0.2, 0.25) is 0 Å². The van der Waals surface area contributed by atoms with Crippen LogP contribution >= 0.6 is 0 Å². The van der Waals surface area contributed by atoms with Gasteiger partial charge in [0.05, 0.1) is 8.22 Å². The van der Waals surface area contributed by atoms with Crippen molar-refractivity contribution >= 4 is 12.0 Å². The first-order chi connectivity index (χ1) is 7.77. The Labute approximate surface area is 73.2 Å². The molecule has 0 bridgehead atoms. The van der Waals surface area contributed by atoms with E-state index in [-0.39, 0.29) is 11.6 Å². The highest BCUT2D eigenvalue weighted by atomic mass is 16.4. The van der Waals surface area contributed by atoms with E-state index in [1.54, 1.807) is 0 Å². The number of carbonyl (C=O) groups is 1. The maximum atomic E-state index is 10.5. The predicted octanol–water partition coefficient (Wildman–Crippen LogP) is 1.78. The molecule has 0 saturated carbocycles. The fourth-order valence-corrected chi connectivity index (χ4v) is 0.467. The summed E-state index contributed by atoms with van der Waals surface area (Å²) in [5.74, 6) is -1.62. The molecule has 0 aliphatic rings. The van der Waals surface area contributed by atoms with Gasteiger partial charge < -0.3 is 5.11 Å². The van der Waals surface area contributed by atoms with Gasteiger partial charge in [-0.25, -0.2) is 4.79 Å². The summed E-state index contributed by atoms with van der Waals surface area (Å²) in [5, 5.41) is 8.54. The monoisotopic (exact) mass is 154 g/mol. The normalized spacial score (nSPS) is 19.6. The maximum Gasteiger partial charge on any atom is 0.328 e. The lowest BCUT2D eigenvalue weighted by atomic mass is 10.2. The molecule has 0 aliphatic heterocycles. The molecule has 1 aromatic rings. The predicted molar refractivity (Wildman–Crippen MR) is 43.1 cm³/mol. The summed E-state index contributed by atoms with van der Waals surface area (Å²) in [6.45, 7) is 0. The molecule has 11 heavy (non-hydrogen) atoms. The van der Waals surface area contributed by atoms with Gasteiger partial charge in [0, 0.05) is 6.05 Å². The van der Waals surface area contributed by atoms with Crippen molar-refractivity contribution in [3.05, 3.63) is 41.9 Å². The zero-order chi connectivity index (χ0) is 13.3. The van der Waals surface area contributed by atoms with E-state index >= 15 is 0 Å². The molecule has 0 spiro atoms. The summed E-state index contributed by atoms with van der Waals surface area (Å²) in [5.41, 5.74) is -0.302. The zero-order valence-electron chi connectivity index (χ0n) is 11.4. The number of hydrogen-bond acceptors (Lipinski definition) is 1. The van der Waals surface area contributed by atoms with Gasteiger partial charge in [0.25, 0.3) is 0 Å². The second kappa shape index (κ2) is 3.56. The van der Waals surface area contributed by atoms with E-state index in [2.05, 4.69) is 0 Å². The van der Waals surface area contributed by atoms with Gasteiger partial charge in [-0.1, -0.05) is 30.2 Å². The Bertz CT molecular complexity index is 523. The van der Waals surface area contributed by atoms with E-state index < -0.39 is 36.2 Å². The SMILES string of the molecule is [2H]C(C(=O)O)=C([2H])c1cc([2H])c([2H])c([2H])c1[2H]. The number of rotatable bonds is 2. The molecule has 2 nitrogen and oxygen atoms in total. The summed E-state index contributed by atoms with van der Waals surface area (Å²) >= 11 is 0. The van der Waals surface area contributed by atoms with Crippen LogP contribution in [0.25, 0.3) is 6.05 Å². The minimum Gasteiger partial charge on any atom is -0.478 e. The lowest BCUT2D eigenvalue weighted by Crippen LogP contribution is -1.85. The average Bonchev–Trinajstić information content (AvgIpc) is 2.29. The molecule has 1 aromatic carbocycles.